The van der Waals surface area contributed by atoms with Gasteiger partial charge in [-0.1, -0.05) is 12.1 Å². The van der Waals surface area contributed by atoms with E-state index in [4.69, 9.17) is 14.7 Å². The summed E-state index contributed by atoms with van der Waals surface area (Å²) in [6, 6.07) is 7.73. The summed E-state index contributed by atoms with van der Waals surface area (Å²) in [4.78, 5) is 11.9. The summed E-state index contributed by atoms with van der Waals surface area (Å²) >= 11 is 0. The molecule has 1 amide bonds. The third kappa shape index (κ3) is 2.54. The minimum atomic E-state index is -0.998. The molecule has 1 fully saturated rings. The highest BCUT2D eigenvalue weighted by Crippen LogP contribution is 2.26. The standard InChI is InChI=1S/C14H16N2O3/c1-10-5-11(3-4-12(10)18-2)6-16-13(17)14(7-15)8-19-9-14/h3-5H,6,8-9H2,1-2H3,(H,16,17). The Hall–Kier alpha value is -2.06. The molecule has 0 radical (unpaired) electrons. The fourth-order valence-corrected chi connectivity index (χ4v) is 1.95. The fraction of sp³-hybridized carbons (Fsp3) is 0.429. The van der Waals surface area contributed by atoms with Crippen LogP contribution in [0.1, 0.15) is 11.1 Å². The number of rotatable bonds is 4. The maximum atomic E-state index is 11.9. The van der Waals surface area contributed by atoms with Crippen LogP contribution < -0.4 is 10.1 Å². The quantitative estimate of drug-likeness (QED) is 0.881. The second-order valence-corrected chi connectivity index (χ2v) is 4.67. The predicted octanol–water partition coefficient (Wildman–Crippen LogP) is 1.16. The van der Waals surface area contributed by atoms with E-state index >= 15 is 0 Å². The highest BCUT2D eigenvalue weighted by molar-refractivity contribution is 5.86. The lowest BCUT2D eigenvalue weighted by Gasteiger charge is -2.33. The Kier molecular flexibility index (Phi) is 3.72. The molecule has 0 aromatic heterocycles. The van der Waals surface area contributed by atoms with Gasteiger partial charge in [-0.25, -0.2) is 0 Å². The van der Waals surface area contributed by atoms with Crippen molar-refractivity contribution in [1.29, 1.82) is 5.26 Å². The van der Waals surface area contributed by atoms with Gasteiger partial charge in [-0.3, -0.25) is 4.79 Å². The molecule has 0 unspecified atom stereocenters. The first-order valence-corrected chi connectivity index (χ1v) is 6.02. The van der Waals surface area contributed by atoms with Crippen molar-refractivity contribution in [3.05, 3.63) is 29.3 Å². The van der Waals surface area contributed by atoms with Crippen LogP contribution >= 0.6 is 0 Å². The molecule has 1 N–H and O–H groups in total. The molecule has 1 saturated heterocycles. The van der Waals surface area contributed by atoms with E-state index < -0.39 is 5.41 Å². The number of nitriles is 1. The zero-order valence-electron chi connectivity index (χ0n) is 11.0. The molecule has 0 saturated carbocycles. The molecule has 5 nitrogen and oxygen atoms in total. The Morgan fingerprint density at radius 2 is 2.32 bits per heavy atom. The van der Waals surface area contributed by atoms with Crippen molar-refractivity contribution in [2.45, 2.75) is 13.5 Å². The van der Waals surface area contributed by atoms with Crippen molar-refractivity contribution in [2.75, 3.05) is 20.3 Å². The topological polar surface area (TPSA) is 71.3 Å². The van der Waals surface area contributed by atoms with Crippen molar-refractivity contribution in [1.82, 2.24) is 5.32 Å². The molecule has 100 valence electrons. The van der Waals surface area contributed by atoms with Crippen LogP contribution in [0.25, 0.3) is 0 Å². The average molecular weight is 260 g/mol. The second kappa shape index (κ2) is 5.29. The fourth-order valence-electron chi connectivity index (χ4n) is 1.95. The van der Waals surface area contributed by atoms with Crippen LogP contribution in [0.2, 0.25) is 0 Å². The summed E-state index contributed by atoms with van der Waals surface area (Å²) in [5.41, 5.74) is 0.984. The Labute approximate surface area is 112 Å². The number of hydrogen-bond acceptors (Lipinski definition) is 4. The molecule has 19 heavy (non-hydrogen) atoms. The number of carbonyl (C=O) groups excluding carboxylic acids is 1. The van der Waals surface area contributed by atoms with Gasteiger partial charge in [0.1, 0.15) is 5.75 Å². The van der Waals surface area contributed by atoms with E-state index in [0.717, 1.165) is 16.9 Å². The number of ether oxygens (including phenoxy) is 2. The number of carbonyl (C=O) groups is 1. The minimum absolute atomic E-state index is 0.178. The van der Waals surface area contributed by atoms with Crippen LogP contribution in [0, 0.1) is 23.7 Å². The Balaban J connectivity index is 1.98. The molecule has 1 aliphatic rings. The van der Waals surface area contributed by atoms with Crippen LogP contribution in [0.15, 0.2) is 18.2 Å². The van der Waals surface area contributed by atoms with Crippen molar-refractivity contribution >= 4 is 5.91 Å². The van der Waals surface area contributed by atoms with Crippen LogP contribution in [0.3, 0.4) is 0 Å². The third-order valence-electron chi connectivity index (χ3n) is 3.26. The summed E-state index contributed by atoms with van der Waals surface area (Å²) in [5.74, 6) is 0.547. The van der Waals surface area contributed by atoms with Gasteiger partial charge in [-0.15, -0.1) is 0 Å². The molecule has 0 bridgehead atoms. The monoisotopic (exact) mass is 260 g/mol. The van der Waals surface area contributed by atoms with E-state index in [-0.39, 0.29) is 19.1 Å². The molecule has 1 heterocycles. The zero-order chi connectivity index (χ0) is 13.9. The largest absolute Gasteiger partial charge is 0.496 e. The van der Waals surface area contributed by atoms with Gasteiger partial charge in [0.25, 0.3) is 0 Å². The van der Waals surface area contributed by atoms with E-state index in [1.54, 1.807) is 7.11 Å². The number of aryl methyl sites for hydroxylation is 1. The Morgan fingerprint density at radius 1 is 1.58 bits per heavy atom. The Morgan fingerprint density at radius 3 is 2.79 bits per heavy atom. The molecule has 2 rings (SSSR count). The highest BCUT2D eigenvalue weighted by atomic mass is 16.5. The number of methoxy groups -OCH3 is 1. The van der Waals surface area contributed by atoms with Crippen LogP contribution in [0.5, 0.6) is 5.75 Å². The van der Waals surface area contributed by atoms with Gasteiger partial charge in [0, 0.05) is 6.54 Å². The van der Waals surface area contributed by atoms with Crippen LogP contribution in [0.4, 0.5) is 0 Å². The maximum absolute atomic E-state index is 11.9. The number of hydrogen-bond donors (Lipinski definition) is 1. The predicted molar refractivity (Wildman–Crippen MR) is 68.4 cm³/mol. The summed E-state index contributed by atoms with van der Waals surface area (Å²) in [5, 5.41) is 11.8. The molecule has 1 aromatic rings. The third-order valence-corrected chi connectivity index (χ3v) is 3.26. The first-order chi connectivity index (χ1) is 9.11. The van der Waals surface area contributed by atoms with Crippen LogP contribution in [-0.4, -0.2) is 26.2 Å². The van der Waals surface area contributed by atoms with Crippen molar-refractivity contribution < 1.29 is 14.3 Å². The van der Waals surface area contributed by atoms with Crippen molar-refractivity contribution in [3.63, 3.8) is 0 Å². The van der Waals surface area contributed by atoms with Gasteiger partial charge in [0.05, 0.1) is 26.4 Å². The van der Waals surface area contributed by atoms with Gasteiger partial charge in [0.2, 0.25) is 5.91 Å². The first kappa shape index (κ1) is 13.4. The van der Waals surface area contributed by atoms with E-state index in [0.29, 0.717) is 6.54 Å². The number of nitrogens with zero attached hydrogens (tertiary/aromatic N) is 1. The summed E-state index contributed by atoms with van der Waals surface area (Å²) in [7, 11) is 1.62. The van der Waals surface area contributed by atoms with Gasteiger partial charge in [-0.05, 0) is 24.1 Å². The number of benzene rings is 1. The normalized spacial score (nSPS) is 16.1. The van der Waals surface area contributed by atoms with E-state index in [1.807, 2.05) is 31.2 Å². The van der Waals surface area contributed by atoms with Gasteiger partial charge < -0.3 is 14.8 Å². The molecular weight excluding hydrogens is 244 g/mol. The second-order valence-electron chi connectivity index (χ2n) is 4.67. The smallest absolute Gasteiger partial charge is 0.245 e. The van der Waals surface area contributed by atoms with Gasteiger partial charge in [-0.2, -0.15) is 5.26 Å². The molecular formula is C14H16N2O3. The number of nitrogens with one attached hydrogen (secondary N) is 1. The lowest BCUT2D eigenvalue weighted by molar-refractivity contribution is -0.150. The lowest BCUT2D eigenvalue weighted by atomic mass is 9.87. The molecule has 0 aliphatic carbocycles. The zero-order valence-corrected chi connectivity index (χ0v) is 11.0. The SMILES string of the molecule is COc1ccc(CNC(=O)C2(C#N)COC2)cc1C. The van der Waals surface area contributed by atoms with Crippen LogP contribution in [-0.2, 0) is 16.1 Å². The maximum Gasteiger partial charge on any atom is 0.245 e. The summed E-state index contributed by atoms with van der Waals surface area (Å²) in [6.07, 6.45) is 0. The van der Waals surface area contributed by atoms with E-state index in [9.17, 15) is 4.79 Å². The highest BCUT2D eigenvalue weighted by Gasteiger charge is 2.46. The molecule has 1 aromatic carbocycles. The lowest BCUT2D eigenvalue weighted by Crippen LogP contribution is -2.52. The van der Waals surface area contributed by atoms with Crippen molar-refractivity contribution in [3.8, 4) is 11.8 Å². The Bertz CT molecular complexity index is 530. The van der Waals surface area contributed by atoms with E-state index in [1.165, 1.54) is 0 Å². The molecule has 0 atom stereocenters. The summed E-state index contributed by atoms with van der Waals surface area (Å²) in [6.45, 7) is 2.70. The van der Waals surface area contributed by atoms with Gasteiger partial charge >= 0.3 is 0 Å². The summed E-state index contributed by atoms with van der Waals surface area (Å²) < 4.78 is 10.1. The first-order valence-electron chi connectivity index (χ1n) is 6.02. The van der Waals surface area contributed by atoms with E-state index in [2.05, 4.69) is 5.32 Å². The van der Waals surface area contributed by atoms with Crippen molar-refractivity contribution in [2.24, 2.45) is 5.41 Å². The molecule has 1 aliphatic heterocycles. The van der Waals surface area contributed by atoms with Gasteiger partial charge in [0.15, 0.2) is 5.41 Å². The number of amides is 1. The average Bonchev–Trinajstić information content (AvgIpc) is 2.36. The molecule has 0 spiro atoms. The molecule has 5 heteroatoms. The minimum Gasteiger partial charge on any atom is -0.496 e.